The topological polar surface area (TPSA) is 81.0 Å². The van der Waals surface area contributed by atoms with Gasteiger partial charge >= 0.3 is 0 Å². The van der Waals surface area contributed by atoms with Crippen LogP contribution in [0.25, 0.3) is 21.7 Å². The summed E-state index contributed by atoms with van der Waals surface area (Å²) >= 11 is 5.97. The van der Waals surface area contributed by atoms with Crippen molar-refractivity contribution >= 4 is 44.8 Å². The van der Waals surface area contributed by atoms with Crippen LogP contribution >= 0.6 is 11.6 Å². The lowest BCUT2D eigenvalue weighted by Gasteiger charge is -2.11. The van der Waals surface area contributed by atoms with Gasteiger partial charge in [-0.05, 0) is 22.4 Å². The highest BCUT2D eigenvalue weighted by Crippen LogP contribution is 2.31. The predicted molar refractivity (Wildman–Crippen MR) is 102 cm³/mol. The minimum Gasteiger partial charge on any atom is -0.365 e. The van der Waals surface area contributed by atoms with E-state index in [9.17, 15) is 10.1 Å². The summed E-state index contributed by atoms with van der Waals surface area (Å²) in [5.74, 6) is 0.530. The molecule has 4 aromatic rings. The fraction of sp³-hybridized carbons (Fsp3) is 0.0526. The van der Waals surface area contributed by atoms with Gasteiger partial charge in [-0.3, -0.25) is 10.1 Å². The second kappa shape index (κ2) is 6.57. The fourth-order valence-electron chi connectivity index (χ4n) is 2.97. The van der Waals surface area contributed by atoms with Crippen LogP contribution < -0.4 is 5.32 Å². The Morgan fingerprint density at radius 2 is 1.85 bits per heavy atom. The summed E-state index contributed by atoms with van der Waals surface area (Å²) in [5.41, 5.74) is 1.50. The Bertz CT molecular complexity index is 1140. The van der Waals surface area contributed by atoms with E-state index in [2.05, 4.69) is 33.5 Å². The molecule has 0 saturated heterocycles. The van der Waals surface area contributed by atoms with Crippen molar-refractivity contribution < 1.29 is 4.92 Å². The van der Waals surface area contributed by atoms with E-state index < -0.39 is 4.92 Å². The third-order valence-electron chi connectivity index (χ3n) is 4.23. The number of aromatic nitrogens is 2. The molecule has 1 aromatic heterocycles. The Labute approximate surface area is 153 Å². The Kier molecular flexibility index (Phi) is 4.10. The Morgan fingerprint density at radius 3 is 2.69 bits per heavy atom. The summed E-state index contributed by atoms with van der Waals surface area (Å²) in [6, 6.07) is 17.1. The van der Waals surface area contributed by atoms with Gasteiger partial charge in [0.05, 0.1) is 10.4 Å². The third-order valence-corrected chi connectivity index (χ3v) is 4.53. The van der Waals surface area contributed by atoms with Gasteiger partial charge in [0.2, 0.25) is 0 Å². The molecule has 7 heteroatoms. The van der Waals surface area contributed by atoms with E-state index in [1.807, 2.05) is 24.3 Å². The molecule has 3 aromatic carbocycles. The average Bonchev–Trinajstić information content (AvgIpc) is 2.65. The maximum absolute atomic E-state index is 11.2. The molecule has 0 atom stereocenters. The highest BCUT2D eigenvalue weighted by molar-refractivity contribution is 6.33. The maximum atomic E-state index is 11.2. The van der Waals surface area contributed by atoms with E-state index in [1.54, 1.807) is 0 Å². The monoisotopic (exact) mass is 364 g/mol. The van der Waals surface area contributed by atoms with Crippen LogP contribution in [-0.4, -0.2) is 14.9 Å². The van der Waals surface area contributed by atoms with Crippen LogP contribution in [0, 0.1) is 10.1 Å². The van der Waals surface area contributed by atoms with E-state index in [-0.39, 0.29) is 10.7 Å². The largest absolute Gasteiger partial charge is 0.365 e. The molecule has 1 N–H and O–H groups in total. The van der Waals surface area contributed by atoms with Crippen LogP contribution in [0.3, 0.4) is 0 Å². The number of halogens is 1. The smallest absolute Gasteiger partial charge is 0.288 e. The van der Waals surface area contributed by atoms with Crippen molar-refractivity contribution in [3.05, 3.63) is 81.6 Å². The molecule has 0 amide bonds. The van der Waals surface area contributed by atoms with Crippen molar-refractivity contribution in [3.8, 4) is 0 Å². The second-order valence-corrected chi connectivity index (χ2v) is 6.20. The first kappa shape index (κ1) is 16.2. The van der Waals surface area contributed by atoms with Crippen molar-refractivity contribution in [2.24, 2.45) is 0 Å². The molecule has 0 spiro atoms. The number of nitrogens with zero attached hydrogens (tertiary/aromatic N) is 3. The number of nitro benzene ring substituents is 1. The van der Waals surface area contributed by atoms with Gasteiger partial charge in [-0.1, -0.05) is 54.1 Å². The zero-order valence-corrected chi connectivity index (χ0v) is 14.3. The number of anilines is 1. The molecule has 0 bridgehead atoms. The van der Waals surface area contributed by atoms with Gasteiger partial charge in [-0.2, -0.15) is 0 Å². The van der Waals surface area contributed by atoms with Gasteiger partial charge in [0.15, 0.2) is 0 Å². The van der Waals surface area contributed by atoms with Crippen LogP contribution in [0.5, 0.6) is 0 Å². The molecule has 0 radical (unpaired) electrons. The van der Waals surface area contributed by atoms with Crippen molar-refractivity contribution in [3.63, 3.8) is 0 Å². The first-order valence-electron chi connectivity index (χ1n) is 7.92. The Morgan fingerprint density at radius 1 is 1.04 bits per heavy atom. The third kappa shape index (κ3) is 2.91. The predicted octanol–water partition coefficient (Wildman–Crippen LogP) is 4.96. The van der Waals surface area contributed by atoms with E-state index in [0.29, 0.717) is 23.3 Å². The highest BCUT2D eigenvalue weighted by atomic mass is 35.5. The molecular formula is C19H13ClN4O2. The normalized spacial score (nSPS) is 11.0. The molecule has 0 aliphatic heterocycles. The van der Waals surface area contributed by atoms with Crippen LogP contribution in [0.15, 0.2) is 60.9 Å². The molecule has 6 nitrogen and oxygen atoms in total. The fourth-order valence-corrected chi connectivity index (χ4v) is 3.20. The molecule has 0 aliphatic carbocycles. The summed E-state index contributed by atoms with van der Waals surface area (Å²) in [7, 11) is 0. The number of nitrogens with one attached hydrogen (secondary N) is 1. The summed E-state index contributed by atoms with van der Waals surface area (Å²) < 4.78 is 0. The number of nitro groups is 1. The minimum atomic E-state index is -0.511. The van der Waals surface area contributed by atoms with E-state index in [4.69, 9.17) is 11.6 Å². The van der Waals surface area contributed by atoms with Crippen LogP contribution in [0.1, 0.15) is 5.56 Å². The lowest BCUT2D eigenvalue weighted by atomic mass is 10.0. The zero-order chi connectivity index (χ0) is 18.1. The Balaban J connectivity index is 1.73. The van der Waals surface area contributed by atoms with Crippen molar-refractivity contribution in [1.29, 1.82) is 0 Å². The zero-order valence-electron chi connectivity index (χ0n) is 13.5. The van der Waals surface area contributed by atoms with E-state index in [0.717, 1.165) is 16.3 Å². The van der Waals surface area contributed by atoms with Gasteiger partial charge in [-0.25, -0.2) is 9.97 Å². The summed E-state index contributed by atoms with van der Waals surface area (Å²) in [6.45, 7) is 0.532. The molecule has 0 aliphatic rings. The number of benzene rings is 3. The standard InChI is InChI=1S/C19H13ClN4O2/c20-16-9-17-15(8-18(16)24(25)26)19(23-11-22-17)21-10-13-6-3-5-12-4-1-2-7-14(12)13/h1-9,11H,10H2,(H,21,22,23). The molecule has 26 heavy (non-hydrogen) atoms. The quantitative estimate of drug-likeness (QED) is 0.409. The lowest BCUT2D eigenvalue weighted by Crippen LogP contribution is -2.03. The maximum Gasteiger partial charge on any atom is 0.288 e. The van der Waals surface area contributed by atoms with Crippen LogP contribution in [0.4, 0.5) is 11.5 Å². The number of hydrogen-bond donors (Lipinski definition) is 1. The van der Waals surface area contributed by atoms with Crippen molar-refractivity contribution in [1.82, 2.24) is 9.97 Å². The molecule has 0 saturated carbocycles. The highest BCUT2D eigenvalue weighted by Gasteiger charge is 2.16. The molecule has 1 heterocycles. The first-order valence-corrected chi connectivity index (χ1v) is 8.30. The SMILES string of the molecule is O=[N+]([O-])c1cc2c(NCc3cccc4ccccc34)ncnc2cc1Cl. The summed E-state index contributed by atoms with van der Waals surface area (Å²) in [5, 5.41) is 17.3. The summed E-state index contributed by atoms with van der Waals surface area (Å²) in [6.07, 6.45) is 1.41. The second-order valence-electron chi connectivity index (χ2n) is 5.79. The van der Waals surface area contributed by atoms with E-state index >= 15 is 0 Å². The van der Waals surface area contributed by atoms with Crippen LogP contribution in [0.2, 0.25) is 5.02 Å². The molecule has 0 unspecified atom stereocenters. The Hall–Kier alpha value is -3.25. The number of rotatable bonds is 4. The summed E-state index contributed by atoms with van der Waals surface area (Å²) in [4.78, 5) is 19.0. The van der Waals surface area contributed by atoms with Gasteiger partial charge in [0, 0.05) is 18.0 Å². The number of fused-ring (bicyclic) bond motifs is 2. The van der Waals surface area contributed by atoms with Crippen LogP contribution in [-0.2, 0) is 6.54 Å². The molecular weight excluding hydrogens is 352 g/mol. The minimum absolute atomic E-state index is 0.0567. The van der Waals surface area contributed by atoms with E-state index in [1.165, 1.54) is 18.5 Å². The molecule has 0 fully saturated rings. The lowest BCUT2D eigenvalue weighted by molar-refractivity contribution is -0.384. The van der Waals surface area contributed by atoms with Gasteiger partial charge in [0.1, 0.15) is 17.2 Å². The van der Waals surface area contributed by atoms with Gasteiger partial charge in [0.25, 0.3) is 5.69 Å². The van der Waals surface area contributed by atoms with Crippen molar-refractivity contribution in [2.75, 3.05) is 5.32 Å². The van der Waals surface area contributed by atoms with Gasteiger partial charge in [-0.15, -0.1) is 0 Å². The van der Waals surface area contributed by atoms with Crippen molar-refractivity contribution in [2.45, 2.75) is 6.54 Å². The first-order chi connectivity index (χ1) is 12.6. The molecule has 128 valence electrons. The van der Waals surface area contributed by atoms with Gasteiger partial charge < -0.3 is 5.32 Å². The average molecular weight is 365 g/mol. The molecule has 4 rings (SSSR count). The number of hydrogen-bond acceptors (Lipinski definition) is 5.